The number of carbonyl (C=O) groups excluding carboxylic acids is 3. The van der Waals surface area contributed by atoms with Crippen LogP contribution in [0, 0.1) is 17.3 Å². The van der Waals surface area contributed by atoms with Gasteiger partial charge < -0.3 is 29.5 Å². The lowest BCUT2D eigenvalue weighted by Gasteiger charge is -2.50. The van der Waals surface area contributed by atoms with Crippen LogP contribution in [0.25, 0.3) is 0 Å². The Morgan fingerprint density at radius 2 is 1.81 bits per heavy atom. The Kier molecular flexibility index (Phi) is 9.56. The van der Waals surface area contributed by atoms with Gasteiger partial charge in [-0.25, -0.2) is 9.59 Å². The van der Waals surface area contributed by atoms with Crippen molar-refractivity contribution in [1.29, 1.82) is 0 Å². The highest BCUT2D eigenvalue weighted by Crippen LogP contribution is 2.50. The summed E-state index contributed by atoms with van der Waals surface area (Å²) in [6, 6.07) is 0. The summed E-state index contributed by atoms with van der Waals surface area (Å²) in [7, 11) is 1.15. The lowest BCUT2D eigenvalue weighted by atomic mass is 9.58. The maximum absolute atomic E-state index is 12.6. The van der Waals surface area contributed by atoms with Gasteiger partial charge in [0, 0.05) is 18.4 Å². The molecule has 0 aromatic carbocycles. The summed E-state index contributed by atoms with van der Waals surface area (Å²) in [5.41, 5.74) is -1.06. The molecule has 0 aromatic heterocycles. The summed E-state index contributed by atoms with van der Waals surface area (Å²) in [6.07, 6.45) is -2.25. The molecule has 1 rings (SSSR count). The van der Waals surface area contributed by atoms with E-state index in [9.17, 15) is 29.7 Å². The molecule has 0 spiro atoms. The SMILES string of the molecule is C=C[C@]1(C)C[C@@H](OC(=O)C(=C)[C@H](O)COC(C)=O)[C@@H](C(=C)C(=O)OC)[C@@H](O)[C@H]1C(=C)CO. The van der Waals surface area contributed by atoms with Crippen LogP contribution in [0.3, 0.4) is 0 Å². The molecule has 0 bridgehead atoms. The lowest BCUT2D eigenvalue weighted by molar-refractivity contribution is -0.163. The summed E-state index contributed by atoms with van der Waals surface area (Å²) in [4.78, 5) is 35.8. The summed E-state index contributed by atoms with van der Waals surface area (Å²) in [5, 5.41) is 30.8. The second-order valence-electron chi connectivity index (χ2n) is 8.03. The Labute approximate surface area is 187 Å². The molecule has 0 saturated heterocycles. The lowest BCUT2D eigenvalue weighted by Crippen LogP contribution is -2.54. The number of hydrogen-bond donors (Lipinski definition) is 3. The van der Waals surface area contributed by atoms with Gasteiger partial charge >= 0.3 is 17.9 Å². The molecule has 0 aromatic rings. The third-order valence-corrected chi connectivity index (χ3v) is 5.79. The predicted octanol–water partition coefficient (Wildman–Crippen LogP) is 0.845. The highest BCUT2D eigenvalue weighted by atomic mass is 16.6. The van der Waals surface area contributed by atoms with Gasteiger partial charge in [-0.3, -0.25) is 4.79 Å². The second kappa shape index (κ2) is 11.2. The quantitative estimate of drug-likeness (QED) is 0.190. The Bertz CT molecular complexity index is 799. The van der Waals surface area contributed by atoms with Gasteiger partial charge in [-0.1, -0.05) is 32.7 Å². The van der Waals surface area contributed by atoms with Crippen molar-refractivity contribution >= 4 is 17.9 Å². The van der Waals surface area contributed by atoms with Crippen molar-refractivity contribution in [2.24, 2.45) is 17.3 Å². The zero-order valence-corrected chi connectivity index (χ0v) is 18.7. The number of esters is 3. The summed E-state index contributed by atoms with van der Waals surface area (Å²) in [6.45, 7) is 16.8. The van der Waals surface area contributed by atoms with Gasteiger partial charge in [0.05, 0.1) is 31.3 Å². The first kappa shape index (κ1) is 27.3. The van der Waals surface area contributed by atoms with Crippen molar-refractivity contribution < 1.29 is 43.9 Å². The van der Waals surface area contributed by atoms with Gasteiger partial charge in [-0.2, -0.15) is 0 Å². The van der Waals surface area contributed by atoms with Crippen molar-refractivity contribution in [2.45, 2.75) is 38.6 Å². The van der Waals surface area contributed by atoms with E-state index in [-0.39, 0.29) is 17.6 Å². The van der Waals surface area contributed by atoms with E-state index in [1.54, 1.807) is 13.0 Å². The molecule has 1 aliphatic rings. The van der Waals surface area contributed by atoms with Crippen molar-refractivity contribution in [3.8, 4) is 0 Å². The first-order chi connectivity index (χ1) is 14.8. The van der Waals surface area contributed by atoms with E-state index in [4.69, 9.17) is 9.47 Å². The summed E-state index contributed by atoms with van der Waals surface area (Å²) >= 11 is 0. The van der Waals surface area contributed by atoms with Crippen LogP contribution >= 0.6 is 0 Å². The number of allylic oxidation sites excluding steroid dienone is 1. The van der Waals surface area contributed by atoms with E-state index in [0.717, 1.165) is 14.0 Å². The number of aliphatic hydroxyl groups excluding tert-OH is 3. The van der Waals surface area contributed by atoms with Crippen LogP contribution in [0.1, 0.15) is 20.3 Å². The van der Waals surface area contributed by atoms with Crippen molar-refractivity contribution in [1.82, 2.24) is 0 Å². The van der Waals surface area contributed by atoms with Gasteiger partial charge in [0.1, 0.15) is 18.8 Å². The van der Waals surface area contributed by atoms with E-state index in [1.165, 1.54) is 0 Å². The second-order valence-corrected chi connectivity index (χ2v) is 8.03. The molecule has 0 unspecified atom stereocenters. The van der Waals surface area contributed by atoms with Crippen LogP contribution in [-0.2, 0) is 28.6 Å². The van der Waals surface area contributed by atoms with Crippen LogP contribution < -0.4 is 0 Å². The van der Waals surface area contributed by atoms with Crippen molar-refractivity contribution in [2.75, 3.05) is 20.3 Å². The molecule has 3 N–H and O–H groups in total. The first-order valence-corrected chi connectivity index (χ1v) is 9.93. The van der Waals surface area contributed by atoms with Crippen molar-refractivity contribution in [3.05, 3.63) is 49.1 Å². The maximum Gasteiger partial charge on any atom is 0.336 e. The molecule has 9 heteroatoms. The Balaban J connectivity index is 3.28. The van der Waals surface area contributed by atoms with Crippen LogP contribution in [-0.4, -0.2) is 71.9 Å². The Morgan fingerprint density at radius 1 is 1.22 bits per heavy atom. The molecule has 1 aliphatic carbocycles. The summed E-state index contributed by atoms with van der Waals surface area (Å²) < 4.78 is 14.9. The standard InChI is InChI=1S/C23H32O9/c1-8-23(6)9-17(32-22(29)13(3)16(26)11-31-15(5)25)18(14(4)21(28)30-7)20(27)19(23)12(2)10-24/h8,16-20,24,26-27H,1-4,9-11H2,5-7H3/t16-,17-,18-,19-,20-,23-/m1/s1. The van der Waals surface area contributed by atoms with Gasteiger partial charge in [0.15, 0.2) is 0 Å². The van der Waals surface area contributed by atoms with E-state index in [1.807, 2.05) is 0 Å². The van der Waals surface area contributed by atoms with Gasteiger partial charge in [0.2, 0.25) is 0 Å². The third kappa shape index (κ3) is 5.93. The molecular weight excluding hydrogens is 420 g/mol. The van der Waals surface area contributed by atoms with Gasteiger partial charge in [-0.15, -0.1) is 6.58 Å². The topological polar surface area (TPSA) is 140 Å². The Morgan fingerprint density at radius 3 is 2.28 bits per heavy atom. The van der Waals surface area contributed by atoms with Crippen molar-refractivity contribution in [3.63, 3.8) is 0 Å². The average molecular weight is 453 g/mol. The normalized spacial score (nSPS) is 28.1. The largest absolute Gasteiger partial charge is 0.466 e. The highest BCUT2D eigenvalue weighted by Gasteiger charge is 2.53. The molecule has 9 nitrogen and oxygen atoms in total. The smallest absolute Gasteiger partial charge is 0.336 e. The number of aliphatic hydroxyl groups is 3. The molecule has 0 radical (unpaired) electrons. The number of rotatable bonds is 10. The molecule has 6 atom stereocenters. The predicted molar refractivity (Wildman–Crippen MR) is 115 cm³/mol. The summed E-state index contributed by atoms with van der Waals surface area (Å²) in [5.74, 6) is -4.27. The molecular formula is C23H32O9. The first-order valence-electron chi connectivity index (χ1n) is 9.93. The van der Waals surface area contributed by atoms with Crippen LogP contribution in [0.4, 0.5) is 0 Å². The molecule has 1 fully saturated rings. The fourth-order valence-electron chi connectivity index (χ4n) is 3.98. The van der Waals surface area contributed by atoms with E-state index >= 15 is 0 Å². The van der Waals surface area contributed by atoms with Crippen LogP contribution in [0.2, 0.25) is 0 Å². The van der Waals surface area contributed by atoms with Gasteiger partial charge in [-0.05, 0) is 17.4 Å². The van der Waals surface area contributed by atoms with E-state index in [0.29, 0.717) is 5.57 Å². The molecule has 32 heavy (non-hydrogen) atoms. The fourth-order valence-corrected chi connectivity index (χ4v) is 3.98. The minimum Gasteiger partial charge on any atom is -0.466 e. The zero-order valence-electron chi connectivity index (χ0n) is 18.7. The highest BCUT2D eigenvalue weighted by molar-refractivity contribution is 5.90. The molecule has 1 saturated carbocycles. The zero-order chi connectivity index (χ0) is 24.8. The third-order valence-electron chi connectivity index (χ3n) is 5.79. The average Bonchev–Trinajstić information content (AvgIpc) is 2.75. The number of methoxy groups -OCH3 is 1. The monoisotopic (exact) mass is 452 g/mol. The number of hydrogen-bond acceptors (Lipinski definition) is 9. The maximum atomic E-state index is 12.6. The minimum absolute atomic E-state index is 0.0942. The minimum atomic E-state index is -1.50. The fraction of sp³-hybridized carbons (Fsp3) is 0.522. The molecule has 0 amide bonds. The van der Waals surface area contributed by atoms with Crippen LogP contribution in [0.15, 0.2) is 49.1 Å². The van der Waals surface area contributed by atoms with E-state index in [2.05, 4.69) is 31.1 Å². The van der Waals surface area contributed by atoms with E-state index < -0.39 is 66.7 Å². The number of ether oxygens (including phenoxy) is 3. The molecule has 178 valence electrons. The Hall–Kier alpha value is -2.75. The molecule has 0 aliphatic heterocycles. The molecule has 0 heterocycles. The van der Waals surface area contributed by atoms with Crippen LogP contribution in [0.5, 0.6) is 0 Å². The number of carbonyl (C=O) groups is 3. The van der Waals surface area contributed by atoms with Gasteiger partial charge in [0.25, 0.3) is 0 Å².